The minimum Gasteiger partial charge on any atom is -0.466 e. The Morgan fingerprint density at radius 1 is 1.26 bits per heavy atom. The molecule has 7 nitrogen and oxygen atoms in total. The van der Waals surface area contributed by atoms with Crippen LogP contribution in [-0.2, 0) is 19.1 Å². The van der Waals surface area contributed by atoms with Crippen LogP contribution in [0.4, 0.5) is 0 Å². The highest BCUT2D eigenvalue weighted by molar-refractivity contribution is 5.89. The predicted molar refractivity (Wildman–Crippen MR) is 82.9 cm³/mol. The fourth-order valence-corrected chi connectivity index (χ4v) is 2.02. The Morgan fingerprint density at radius 2 is 1.87 bits per heavy atom. The lowest BCUT2D eigenvalue weighted by molar-refractivity contribution is -0.148. The van der Waals surface area contributed by atoms with Gasteiger partial charge in [0.05, 0.1) is 12.5 Å². The zero-order valence-electron chi connectivity index (χ0n) is 13.2. The third-order valence-corrected chi connectivity index (χ3v) is 3.30. The largest absolute Gasteiger partial charge is 0.466 e. The molecule has 0 radical (unpaired) electrons. The maximum atomic E-state index is 12.1. The van der Waals surface area contributed by atoms with Crippen molar-refractivity contribution in [1.29, 1.82) is 0 Å². The number of benzene rings is 1. The third-order valence-electron chi connectivity index (χ3n) is 3.30. The van der Waals surface area contributed by atoms with Crippen molar-refractivity contribution in [2.24, 2.45) is 11.7 Å². The van der Waals surface area contributed by atoms with Crippen LogP contribution in [0.2, 0.25) is 0 Å². The summed E-state index contributed by atoms with van der Waals surface area (Å²) in [4.78, 5) is 35.1. The van der Waals surface area contributed by atoms with E-state index in [1.54, 1.807) is 44.2 Å². The summed E-state index contributed by atoms with van der Waals surface area (Å²) in [6, 6.07) is 7.22. The zero-order chi connectivity index (χ0) is 17.4. The monoisotopic (exact) mass is 322 g/mol. The lowest BCUT2D eigenvalue weighted by atomic mass is 10.0. The van der Waals surface area contributed by atoms with E-state index >= 15 is 0 Å². The van der Waals surface area contributed by atoms with Gasteiger partial charge in [0.15, 0.2) is 6.10 Å². The second kappa shape index (κ2) is 8.89. The number of hydrogen-bond donors (Lipinski definition) is 3. The fraction of sp³-hybridized carbons (Fsp3) is 0.438. The number of carbonyl (C=O) groups is 3. The van der Waals surface area contributed by atoms with Crippen LogP contribution in [-0.4, -0.2) is 35.5 Å². The van der Waals surface area contributed by atoms with Crippen LogP contribution in [0.3, 0.4) is 0 Å². The number of aliphatic hydroxyl groups excluding tert-OH is 1. The van der Waals surface area contributed by atoms with Gasteiger partial charge < -0.3 is 20.9 Å². The minimum atomic E-state index is -1.42. The van der Waals surface area contributed by atoms with Gasteiger partial charge in [0.2, 0.25) is 5.91 Å². The van der Waals surface area contributed by atoms with E-state index in [1.165, 1.54) is 0 Å². The smallest absolute Gasteiger partial charge is 0.308 e. The second-order valence-corrected chi connectivity index (χ2v) is 5.17. The molecule has 2 amide bonds. The van der Waals surface area contributed by atoms with Gasteiger partial charge in [-0.25, -0.2) is 0 Å². The maximum absolute atomic E-state index is 12.1. The Morgan fingerprint density at radius 3 is 2.39 bits per heavy atom. The Bertz CT molecular complexity index is 547. The summed E-state index contributed by atoms with van der Waals surface area (Å²) in [5, 5.41) is 12.4. The van der Waals surface area contributed by atoms with Crippen LogP contribution in [0.5, 0.6) is 0 Å². The van der Waals surface area contributed by atoms with Gasteiger partial charge in [-0.05, 0) is 18.9 Å². The molecule has 0 saturated heterocycles. The van der Waals surface area contributed by atoms with Crippen LogP contribution in [0.1, 0.15) is 31.9 Å². The molecule has 4 N–H and O–H groups in total. The Labute approximate surface area is 134 Å². The number of nitrogens with two attached hydrogens (primary N) is 1. The van der Waals surface area contributed by atoms with E-state index in [-0.39, 0.29) is 13.0 Å². The number of carbonyl (C=O) groups excluding carboxylic acids is 3. The van der Waals surface area contributed by atoms with Gasteiger partial charge in [-0.2, -0.15) is 0 Å². The molecule has 0 saturated carbocycles. The molecule has 23 heavy (non-hydrogen) atoms. The number of primary amides is 1. The lowest BCUT2D eigenvalue weighted by Crippen LogP contribution is -2.47. The first-order chi connectivity index (χ1) is 10.9. The summed E-state index contributed by atoms with van der Waals surface area (Å²) < 4.78 is 4.85. The van der Waals surface area contributed by atoms with E-state index in [4.69, 9.17) is 10.5 Å². The molecule has 126 valence electrons. The van der Waals surface area contributed by atoms with Crippen molar-refractivity contribution in [2.45, 2.75) is 32.4 Å². The van der Waals surface area contributed by atoms with Crippen molar-refractivity contribution >= 4 is 17.8 Å². The zero-order valence-corrected chi connectivity index (χ0v) is 13.2. The van der Waals surface area contributed by atoms with Gasteiger partial charge >= 0.3 is 5.97 Å². The summed E-state index contributed by atoms with van der Waals surface area (Å²) in [7, 11) is 0. The summed E-state index contributed by atoms with van der Waals surface area (Å²) in [5.41, 5.74) is 5.65. The van der Waals surface area contributed by atoms with Crippen molar-refractivity contribution in [1.82, 2.24) is 5.32 Å². The number of amides is 2. The molecular formula is C16H22N2O5. The van der Waals surface area contributed by atoms with Crippen molar-refractivity contribution in [3.63, 3.8) is 0 Å². The van der Waals surface area contributed by atoms with E-state index in [2.05, 4.69) is 5.32 Å². The topological polar surface area (TPSA) is 119 Å². The molecule has 0 bridgehead atoms. The molecule has 1 aromatic carbocycles. The molecular weight excluding hydrogens is 300 g/mol. The molecule has 1 rings (SSSR count). The second-order valence-electron chi connectivity index (χ2n) is 5.17. The van der Waals surface area contributed by atoms with Crippen molar-refractivity contribution in [3.8, 4) is 0 Å². The van der Waals surface area contributed by atoms with E-state index in [9.17, 15) is 19.5 Å². The van der Waals surface area contributed by atoms with Gasteiger partial charge in [0, 0.05) is 0 Å². The summed E-state index contributed by atoms with van der Waals surface area (Å²) in [6.45, 7) is 3.48. The Balaban J connectivity index is 2.70. The molecule has 1 aromatic rings. The number of nitrogens with one attached hydrogen (secondary N) is 1. The molecule has 0 heterocycles. The molecule has 0 aromatic heterocycles. The molecule has 7 heteroatoms. The van der Waals surface area contributed by atoms with Crippen LogP contribution < -0.4 is 11.1 Å². The number of aliphatic hydroxyl groups is 1. The highest BCUT2D eigenvalue weighted by Gasteiger charge is 2.27. The van der Waals surface area contributed by atoms with Gasteiger partial charge in [-0.15, -0.1) is 0 Å². The van der Waals surface area contributed by atoms with Crippen molar-refractivity contribution < 1.29 is 24.2 Å². The van der Waals surface area contributed by atoms with Gasteiger partial charge in [0.1, 0.15) is 6.04 Å². The molecule has 0 fully saturated rings. The third kappa shape index (κ3) is 5.71. The van der Waals surface area contributed by atoms with Crippen molar-refractivity contribution in [2.75, 3.05) is 6.61 Å². The van der Waals surface area contributed by atoms with Crippen LogP contribution >= 0.6 is 0 Å². The van der Waals surface area contributed by atoms with E-state index in [1.807, 2.05) is 0 Å². The van der Waals surface area contributed by atoms with Gasteiger partial charge in [0.25, 0.3) is 5.91 Å². The first kappa shape index (κ1) is 18.6. The average Bonchev–Trinajstić information content (AvgIpc) is 2.54. The predicted octanol–water partition coefficient (Wildman–Crippen LogP) is 0.279. The molecule has 0 spiro atoms. The number of esters is 1. The summed E-state index contributed by atoms with van der Waals surface area (Å²) in [6.07, 6.45) is -1.42. The maximum Gasteiger partial charge on any atom is 0.308 e. The average molecular weight is 322 g/mol. The first-order valence-corrected chi connectivity index (χ1v) is 7.36. The number of hydrogen-bond acceptors (Lipinski definition) is 5. The normalized spacial score (nSPS) is 14.4. The molecule has 3 atom stereocenters. The quantitative estimate of drug-likeness (QED) is 0.594. The summed E-state index contributed by atoms with van der Waals surface area (Å²) in [5.74, 6) is -2.62. The standard InChI is InChI=1S/C16H22N2O5/c1-3-23-16(22)10(2)9-12(14(17)20)18-15(21)13(19)11-7-5-4-6-8-11/h4-8,10,12-13,19H,3,9H2,1-2H3,(H2,17,20)(H,18,21)/t10-,12+,13+/m1/s1. The van der Waals surface area contributed by atoms with Crippen molar-refractivity contribution in [3.05, 3.63) is 35.9 Å². The van der Waals surface area contributed by atoms with E-state index < -0.39 is 35.8 Å². The SMILES string of the molecule is CCOC(=O)[C@H](C)C[C@H](NC(=O)[C@@H](O)c1ccccc1)C(N)=O. The van der Waals surface area contributed by atoms with Crippen LogP contribution in [0.15, 0.2) is 30.3 Å². The first-order valence-electron chi connectivity index (χ1n) is 7.36. The molecule has 0 aliphatic carbocycles. The highest BCUT2D eigenvalue weighted by Crippen LogP contribution is 2.14. The lowest BCUT2D eigenvalue weighted by Gasteiger charge is -2.20. The van der Waals surface area contributed by atoms with Gasteiger partial charge in [-0.3, -0.25) is 14.4 Å². The van der Waals surface area contributed by atoms with Crippen LogP contribution in [0.25, 0.3) is 0 Å². The molecule has 0 aliphatic heterocycles. The Kier molecular flexibility index (Phi) is 7.21. The molecule has 0 unspecified atom stereocenters. The number of ether oxygens (including phenoxy) is 1. The minimum absolute atomic E-state index is 0.00141. The van der Waals surface area contributed by atoms with E-state index in [0.29, 0.717) is 5.56 Å². The number of rotatable bonds is 8. The fourth-order valence-electron chi connectivity index (χ4n) is 2.02. The highest BCUT2D eigenvalue weighted by atomic mass is 16.5. The van der Waals surface area contributed by atoms with E-state index in [0.717, 1.165) is 0 Å². The Hall–Kier alpha value is -2.41. The molecule has 0 aliphatic rings. The summed E-state index contributed by atoms with van der Waals surface area (Å²) >= 11 is 0. The van der Waals surface area contributed by atoms with Gasteiger partial charge in [-0.1, -0.05) is 37.3 Å². The van der Waals surface area contributed by atoms with Crippen LogP contribution in [0, 0.1) is 5.92 Å².